The van der Waals surface area contributed by atoms with Crippen LogP contribution in [0.15, 0.2) is 84.0 Å². The maximum absolute atomic E-state index is 12.7. The van der Waals surface area contributed by atoms with Crippen molar-refractivity contribution in [2.45, 2.75) is 11.3 Å². The highest BCUT2D eigenvalue weighted by Crippen LogP contribution is 2.21. The fourth-order valence-electron chi connectivity index (χ4n) is 3.69. The summed E-state index contributed by atoms with van der Waals surface area (Å²) < 4.78 is 28.1. The number of aromatic nitrogens is 1. The maximum Gasteiger partial charge on any atom is 0.263 e. The summed E-state index contributed by atoms with van der Waals surface area (Å²) in [5, 5.41) is 0. The molecule has 0 spiro atoms. The van der Waals surface area contributed by atoms with Crippen molar-refractivity contribution in [3.05, 3.63) is 84.7 Å². The molecule has 2 aromatic carbocycles. The molecule has 1 aromatic heterocycles. The summed E-state index contributed by atoms with van der Waals surface area (Å²) in [6.45, 7) is 4.89. The van der Waals surface area contributed by atoms with E-state index >= 15 is 0 Å². The smallest absolute Gasteiger partial charge is 0.263 e. The highest BCUT2D eigenvalue weighted by atomic mass is 32.2. The van der Waals surface area contributed by atoms with Crippen LogP contribution in [0.4, 0.5) is 11.4 Å². The van der Waals surface area contributed by atoms with Crippen LogP contribution in [0.3, 0.4) is 0 Å². The van der Waals surface area contributed by atoms with Gasteiger partial charge < -0.3 is 4.90 Å². The zero-order valence-corrected chi connectivity index (χ0v) is 17.6. The summed E-state index contributed by atoms with van der Waals surface area (Å²) in [7, 11) is -3.65. The minimum atomic E-state index is -3.65. The summed E-state index contributed by atoms with van der Waals surface area (Å²) in [6.07, 6.45) is 3.71. The van der Waals surface area contributed by atoms with E-state index < -0.39 is 10.0 Å². The van der Waals surface area contributed by atoms with Gasteiger partial charge >= 0.3 is 0 Å². The molecule has 7 heteroatoms. The molecule has 0 amide bonds. The lowest BCUT2D eigenvalue weighted by Crippen LogP contribution is -2.47. The molecule has 3 aromatic rings. The monoisotopic (exact) mass is 422 g/mol. The summed E-state index contributed by atoms with van der Waals surface area (Å²) in [5.41, 5.74) is 2.90. The predicted octanol–water partition coefficient (Wildman–Crippen LogP) is 3.25. The predicted molar refractivity (Wildman–Crippen MR) is 120 cm³/mol. The van der Waals surface area contributed by atoms with Gasteiger partial charge in [-0.25, -0.2) is 8.42 Å². The Morgan fingerprint density at radius 2 is 1.60 bits per heavy atom. The van der Waals surface area contributed by atoms with Gasteiger partial charge in [0.15, 0.2) is 0 Å². The van der Waals surface area contributed by atoms with Crippen LogP contribution in [0.5, 0.6) is 0 Å². The average Bonchev–Trinajstić information content (AvgIpc) is 2.80. The second-order valence-corrected chi connectivity index (χ2v) is 9.05. The van der Waals surface area contributed by atoms with Crippen LogP contribution in [0, 0.1) is 0 Å². The molecular weight excluding hydrogens is 396 g/mol. The number of para-hydroxylation sites is 2. The van der Waals surface area contributed by atoms with Crippen molar-refractivity contribution in [3.8, 4) is 0 Å². The number of benzene rings is 2. The van der Waals surface area contributed by atoms with Gasteiger partial charge in [-0.1, -0.05) is 36.4 Å². The number of piperazine rings is 1. The van der Waals surface area contributed by atoms with Gasteiger partial charge in [0.2, 0.25) is 0 Å². The van der Waals surface area contributed by atoms with Gasteiger partial charge in [0.25, 0.3) is 10.0 Å². The first kappa shape index (κ1) is 20.4. The molecule has 0 aliphatic carbocycles. The first-order valence-corrected chi connectivity index (χ1v) is 11.6. The van der Waals surface area contributed by atoms with E-state index in [1.165, 1.54) is 11.9 Å². The lowest BCUT2D eigenvalue weighted by Gasteiger charge is -2.36. The van der Waals surface area contributed by atoms with E-state index in [1.54, 1.807) is 18.3 Å². The Morgan fingerprint density at radius 3 is 2.33 bits per heavy atom. The summed E-state index contributed by atoms with van der Waals surface area (Å²) in [6, 6.07) is 21.3. The fraction of sp³-hybridized carbons (Fsp3) is 0.261. The lowest BCUT2D eigenvalue weighted by atomic mass is 10.1. The molecule has 6 nitrogen and oxygen atoms in total. The molecule has 0 radical (unpaired) electrons. The molecule has 0 atom stereocenters. The third-order valence-electron chi connectivity index (χ3n) is 5.40. The van der Waals surface area contributed by atoms with Gasteiger partial charge in [-0.05, 0) is 42.3 Å². The molecule has 2 heterocycles. The fourth-order valence-corrected chi connectivity index (χ4v) is 4.76. The molecule has 1 aliphatic rings. The van der Waals surface area contributed by atoms with Crippen LogP contribution in [0.25, 0.3) is 0 Å². The highest BCUT2D eigenvalue weighted by Gasteiger charge is 2.19. The van der Waals surface area contributed by atoms with Crippen molar-refractivity contribution in [3.63, 3.8) is 0 Å². The highest BCUT2D eigenvalue weighted by molar-refractivity contribution is 7.92. The topological polar surface area (TPSA) is 65.5 Å². The Bertz CT molecular complexity index is 1050. The first-order valence-electron chi connectivity index (χ1n) is 10.1. The third kappa shape index (κ3) is 4.98. The zero-order chi connectivity index (χ0) is 20.8. The number of pyridine rings is 1. The number of sulfonamides is 1. The molecule has 1 saturated heterocycles. The van der Waals surface area contributed by atoms with Crippen LogP contribution in [0.1, 0.15) is 5.56 Å². The Balaban J connectivity index is 1.36. The molecular formula is C23H26N4O2S. The van der Waals surface area contributed by atoms with Gasteiger partial charge in [-0.15, -0.1) is 0 Å². The van der Waals surface area contributed by atoms with Crippen LogP contribution >= 0.6 is 0 Å². The molecule has 1 aliphatic heterocycles. The number of hydrogen-bond acceptors (Lipinski definition) is 5. The molecule has 0 saturated carbocycles. The van der Waals surface area contributed by atoms with Gasteiger partial charge in [-0.2, -0.15) is 0 Å². The summed E-state index contributed by atoms with van der Waals surface area (Å²) in [4.78, 5) is 8.92. The second-order valence-electron chi connectivity index (χ2n) is 7.37. The Morgan fingerprint density at radius 1 is 0.867 bits per heavy atom. The molecule has 1 N–H and O–H groups in total. The van der Waals surface area contributed by atoms with E-state index in [0.29, 0.717) is 5.69 Å². The second kappa shape index (κ2) is 9.28. The molecule has 30 heavy (non-hydrogen) atoms. The SMILES string of the molecule is O=S(=O)(Nc1ccccc1CCN1CCN(c2ccccc2)CC1)c1cccnc1. The van der Waals surface area contributed by atoms with E-state index in [9.17, 15) is 8.42 Å². The first-order chi connectivity index (χ1) is 14.6. The lowest BCUT2D eigenvalue weighted by molar-refractivity contribution is 0.261. The normalized spacial score (nSPS) is 15.1. The van der Waals surface area contributed by atoms with Crippen molar-refractivity contribution < 1.29 is 8.42 Å². The largest absolute Gasteiger partial charge is 0.369 e. The van der Waals surface area contributed by atoms with E-state index in [1.807, 2.05) is 30.3 Å². The van der Waals surface area contributed by atoms with Gasteiger partial charge in [-0.3, -0.25) is 14.6 Å². The minimum absolute atomic E-state index is 0.164. The number of rotatable bonds is 7. The maximum atomic E-state index is 12.7. The van der Waals surface area contributed by atoms with Gasteiger partial charge in [0.05, 0.1) is 5.69 Å². The quantitative estimate of drug-likeness (QED) is 0.633. The van der Waals surface area contributed by atoms with Crippen molar-refractivity contribution in [1.29, 1.82) is 0 Å². The van der Waals surface area contributed by atoms with E-state index in [-0.39, 0.29) is 4.90 Å². The number of hydrogen-bond donors (Lipinski definition) is 1. The number of nitrogens with one attached hydrogen (secondary N) is 1. The van der Waals surface area contributed by atoms with E-state index in [2.05, 4.69) is 43.8 Å². The van der Waals surface area contributed by atoms with Crippen LogP contribution in [-0.4, -0.2) is 51.0 Å². The minimum Gasteiger partial charge on any atom is -0.369 e. The average molecular weight is 423 g/mol. The van der Waals surface area contributed by atoms with E-state index in [0.717, 1.165) is 44.7 Å². The molecule has 0 bridgehead atoms. The Kier molecular flexibility index (Phi) is 6.30. The molecule has 1 fully saturated rings. The van der Waals surface area contributed by atoms with E-state index in [4.69, 9.17) is 0 Å². The summed E-state index contributed by atoms with van der Waals surface area (Å²) in [5.74, 6) is 0. The Labute approximate surface area is 178 Å². The zero-order valence-electron chi connectivity index (χ0n) is 16.8. The van der Waals surface area contributed by atoms with Gasteiger partial charge in [0, 0.05) is 50.8 Å². The summed E-state index contributed by atoms with van der Waals surface area (Å²) >= 11 is 0. The van der Waals surface area contributed by atoms with Crippen molar-refractivity contribution in [2.24, 2.45) is 0 Å². The number of anilines is 2. The third-order valence-corrected chi connectivity index (χ3v) is 6.75. The van der Waals surface area contributed by atoms with Crippen LogP contribution < -0.4 is 9.62 Å². The van der Waals surface area contributed by atoms with Gasteiger partial charge in [0.1, 0.15) is 4.90 Å². The van der Waals surface area contributed by atoms with Crippen molar-refractivity contribution >= 4 is 21.4 Å². The Hall–Kier alpha value is -2.90. The molecule has 156 valence electrons. The molecule has 4 rings (SSSR count). The van der Waals surface area contributed by atoms with Crippen LogP contribution in [-0.2, 0) is 16.4 Å². The standard InChI is InChI=1S/C23H26N4O2S/c28-30(29,22-10-6-13-24-19-22)25-23-11-5-4-7-20(23)12-14-26-15-17-27(18-16-26)21-8-2-1-3-9-21/h1-11,13,19,25H,12,14-18H2. The van der Waals surface area contributed by atoms with Crippen LogP contribution in [0.2, 0.25) is 0 Å². The number of nitrogens with zero attached hydrogens (tertiary/aromatic N) is 3. The molecule has 0 unspecified atom stereocenters. The van der Waals surface area contributed by atoms with Crippen molar-refractivity contribution in [1.82, 2.24) is 9.88 Å². The van der Waals surface area contributed by atoms with Crippen molar-refractivity contribution in [2.75, 3.05) is 42.3 Å².